The summed E-state index contributed by atoms with van der Waals surface area (Å²) in [6.07, 6.45) is 33.7. The molecule has 0 fully saturated rings. The summed E-state index contributed by atoms with van der Waals surface area (Å²) in [5.74, 6) is 1.77. The summed E-state index contributed by atoms with van der Waals surface area (Å²) in [7, 11) is 0. The summed E-state index contributed by atoms with van der Waals surface area (Å²) in [6, 6.07) is 8.67. The molecule has 0 N–H and O–H groups in total. The van der Waals surface area contributed by atoms with E-state index in [0.717, 1.165) is 63.2 Å². The molecular weight excluding hydrogens is 1410 g/mol. The molecule has 0 bridgehead atoms. The zero-order chi connectivity index (χ0) is 42.1. The number of hydrogen-bond acceptors (Lipinski definition) is 6. The van der Waals surface area contributed by atoms with Gasteiger partial charge in [0.15, 0.2) is 0 Å². The fourth-order valence-electron chi connectivity index (χ4n) is 6.52. The van der Waals surface area contributed by atoms with E-state index in [4.69, 9.17) is 18.9 Å². The van der Waals surface area contributed by atoms with Gasteiger partial charge in [0.2, 0.25) is 0 Å². The van der Waals surface area contributed by atoms with Crippen LogP contribution in [-0.2, 0) is 19.1 Å². The Morgan fingerprint density at radius 2 is 0.621 bits per heavy atom. The van der Waals surface area contributed by atoms with Gasteiger partial charge in [0, 0.05) is 20.0 Å². The van der Waals surface area contributed by atoms with Crippen LogP contribution in [0, 0.1) is 21.4 Å². The molecule has 0 atom stereocenters. The second-order valence-electron chi connectivity index (χ2n) is 14.9. The highest BCUT2D eigenvalue weighted by atomic mass is 127. The summed E-state index contributed by atoms with van der Waals surface area (Å²) in [5, 5.41) is 0. The Hall–Kier alpha value is 1.10. The van der Waals surface area contributed by atoms with Crippen LogP contribution in [-0.4, -0.2) is 38.4 Å². The fraction of sp³-hybridized carbons (Fsp3) is 0.652. The van der Waals surface area contributed by atoms with E-state index >= 15 is 0 Å². The van der Waals surface area contributed by atoms with Crippen LogP contribution < -0.4 is 9.47 Å². The first-order valence-corrected chi connectivity index (χ1v) is 28.2. The molecule has 0 aliphatic heterocycles. The van der Waals surface area contributed by atoms with E-state index in [9.17, 15) is 9.59 Å². The van der Waals surface area contributed by atoms with Gasteiger partial charge >= 0.3 is 11.9 Å². The molecule has 2 rings (SSSR count). The van der Waals surface area contributed by atoms with Crippen molar-refractivity contribution >= 4 is 147 Å². The van der Waals surface area contributed by atoms with Crippen LogP contribution in [0.25, 0.3) is 0 Å². The third-order valence-electron chi connectivity index (χ3n) is 9.82. The zero-order valence-corrected chi connectivity index (χ0v) is 47.3. The number of ether oxygens (including phenoxy) is 4. The quantitative estimate of drug-likeness (QED) is 0.0293. The van der Waals surface area contributed by atoms with Gasteiger partial charge in [-0.05, 0) is 198 Å². The monoisotopic (exact) mass is 1480 g/mol. The molecule has 0 saturated heterocycles. The lowest BCUT2D eigenvalue weighted by Gasteiger charge is -2.11. The van der Waals surface area contributed by atoms with Crippen molar-refractivity contribution in [3.05, 3.63) is 57.8 Å². The highest BCUT2D eigenvalue weighted by Crippen LogP contribution is 2.31. The first-order chi connectivity index (χ1) is 28.2. The van der Waals surface area contributed by atoms with Gasteiger partial charge in [-0.1, -0.05) is 128 Å². The predicted octanol–water partition coefficient (Wildman–Crippen LogP) is 16.6. The molecule has 0 heterocycles. The molecule has 12 heteroatoms. The molecule has 0 unspecified atom stereocenters. The van der Waals surface area contributed by atoms with Crippen LogP contribution in [0.1, 0.15) is 167 Å². The van der Waals surface area contributed by atoms with Gasteiger partial charge in [-0.15, -0.1) is 0 Å². The molecular formula is C46H66I6O6. The van der Waals surface area contributed by atoms with Gasteiger partial charge in [-0.2, -0.15) is 0 Å². The standard InChI is InChI=1S/C46H66I6O6/c47-37-33-39(49)45(40(50)34-37)57-31-23-19-15-11-7-3-1-5-9-13-17-21-27-43(53)55-29-25-26-30-56-44(54)28-22-18-14-10-6-2-4-8-12-16-20-24-32-58-46-41(51)35-38(48)36-42(46)52/h25-26,33-36H,1-24,27-32H2/b26-25-. The van der Waals surface area contributed by atoms with Gasteiger partial charge in [0.1, 0.15) is 24.7 Å². The fourth-order valence-corrected chi connectivity index (χ4v) is 14.3. The Morgan fingerprint density at radius 3 is 0.897 bits per heavy atom. The molecule has 0 saturated carbocycles. The molecule has 6 nitrogen and oxygen atoms in total. The number of unbranched alkanes of at least 4 members (excludes halogenated alkanes) is 22. The average molecular weight is 1480 g/mol. The van der Waals surface area contributed by atoms with Crippen molar-refractivity contribution in [2.75, 3.05) is 26.4 Å². The number of esters is 2. The summed E-state index contributed by atoms with van der Waals surface area (Å²) < 4.78 is 30.0. The van der Waals surface area contributed by atoms with Crippen molar-refractivity contribution in [3.63, 3.8) is 0 Å². The van der Waals surface area contributed by atoms with Gasteiger partial charge in [0.25, 0.3) is 0 Å². The number of hydrogen-bond donors (Lipinski definition) is 0. The third-order valence-corrected chi connectivity index (χ3v) is 14.3. The first kappa shape index (κ1) is 55.2. The van der Waals surface area contributed by atoms with Crippen LogP contribution in [0.3, 0.4) is 0 Å². The van der Waals surface area contributed by atoms with Crippen molar-refractivity contribution in [1.82, 2.24) is 0 Å². The summed E-state index contributed by atoms with van der Waals surface area (Å²) in [6.45, 7) is 2.08. The van der Waals surface area contributed by atoms with Crippen molar-refractivity contribution in [2.24, 2.45) is 0 Å². The summed E-state index contributed by atoms with van der Waals surface area (Å²) in [5.41, 5.74) is 0. The van der Waals surface area contributed by atoms with Crippen LogP contribution in [0.5, 0.6) is 11.5 Å². The molecule has 0 radical (unpaired) electrons. The van der Waals surface area contributed by atoms with E-state index < -0.39 is 0 Å². The molecule has 0 aliphatic carbocycles. The van der Waals surface area contributed by atoms with Crippen LogP contribution in [0.15, 0.2) is 36.4 Å². The number of halogens is 6. The molecule has 328 valence electrons. The zero-order valence-electron chi connectivity index (χ0n) is 34.4. The lowest BCUT2D eigenvalue weighted by Crippen LogP contribution is -2.05. The largest absolute Gasteiger partial charge is 0.491 e. The van der Waals surface area contributed by atoms with Gasteiger partial charge in [-0.25, -0.2) is 0 Å². The highest BCUT2D eigenvalue weighted by Gasteiger charge is 2.09. The Balaban J connectivity index is 1.25. The molecule has 0 aromatic heterocycles. The minimum Gasteiger partial charge on any atom is -0.491 e. The average Bonchev–Trinajstić information content (AvgIpc) is 3.17. The van der Waals surface area contributed by atoms with Gasteiger partial charge in [-0.3, -0.25) is 9.59 Å². The van der Waals surface area contributed by atoms with Crippen molar-refractivity contribution < 1.29 is 28.5 Å². The predicted molar refractivity (Wildman–Crippen MR) is 291 cm³/mol. The van der Waals surface area contributed by atoms with Crippen LogP contribution >= 0.6 is 136 Å². The number of carbonyl (C=O) groups is 2. The first-order valence-electron chi connectivity index (χ1n) is 21.7. The second kappa shape index (κ2) is 37.5. The summed E-state index contributed by atoms with van der Waals surface area (Å²) >= 11 is 14.2. The Kier molecular flexibility index (Phi) is 35.7. The van der Waals surface area contributed by atoms with Crippen molar-refractivity contribution in [3.8, 4) is 11.5 Å². The molecule has 2 aromatic carbocycles. The Labute approximate surface area is 433 Å². The minimum atomic E-state index is -0.149. The molecule has 0 spiro atoms. The van der Waals surface area contributed by atoms with E-state index in [1.165, 1.54) is 137 Å². The molecule has 0 amide bonds. The molecule has 0 aliphatic rings. The van der Waals surface area contributed by atoms with E-state index in [1.54, 1.807) is 12.2 Å². The van der Waals surface area contributed by atoms with Crippen LogP contribution in [0.2, 0.25) is 0 Å². The van der Waals surface area contributed by atoms with Crippen molar-refractivity contribution in [2.45, 2.75) is 167 Å². The van der Waals surface area contributed by atoms with Crippen molar-refractivity contribution in [1.29, 1.82) is 0 Å². The number of benzene rings is 2. The molecule has 2 aromatic rings. The van der Waals surface area contributed by atoms with E-state index in [1.807, 2.05) is 0 Å². The summed E-state index contributed by atoms with van der Waals surface area (Å²) in [4.78, 5) is 24.0. The maximum atomic E-state index is 12.0. The number of rotatable bonds is 36. The maximum absolute atomic E-state index is 12.0. The maximum Gasteiger partial charge on any atom is 0.306 e. The second-order valence-corrected chi connectivity index (χ2v) is 22.1. The van der Waals surface area contributed by atoms with E-state index in [-0.39, 0.29) is 25.2 Å². The SMILES string of the molecule is O=C(CCCCCCCCCCCCCCOc1c(I)cc(I)cc1I)OC/C=C\COC(=O)CCCCCCCCCCCCCCOc1c(I)cc(I)cc1I. The van der Waals surface area contributed by atoms with Crippen LogP contribution in [0.4, 0.5) is 0 Å². The highest BCUT2D eigenvalue weighted by molar-refractivity contribution is 14.1. The lowest BCUT2D eigenvalue weighted by molar-refractivity contribution is -0.143. The normalized spacial score (nSPS) is 11.3. The third kappa shape index (κ3) is 29.5. The smallest absolute Gasteiger partial charge is 0.306 e. The van der Waals surface area contributed by atoms with E-state index in [0.29, 0.717) is 12.8 Å². The minimum absolute atomic E-state index is 0.149. The number of carbonyl (C=O) groups excluding carboxylic acids is 2. The Bertz CT molecular complexity index is 1290. The van der Waals surface area contributed by atoms with E-state index in [2.05, 4.69) is 160 Å². The van der Waals surface area contributed by atoms with Gasteiger partial charge < -0.3 is 18.9 Å². The Morgan fingerprint density at radius 1 is 0.379 bits per heavy atom. The lowest BCUT2D eigenvalue weighted by atomic mass is 10.0. The van der Waals surface area contributed by atoms with Gasteiger partial charge in [0.05, 0.1) is 27.5 Å². The topological polar surface area (TPSA) is 71.1 Å². The molecule has 58 heavy (non-hydrogen) atoms.